The lowest BCUT2D eigenvalue weighted by Gasteiger charge is -2.24. The lowest BCUT2D eigenvalue weighted by Crippen LogP contribution is -2.42. The van der Waals surface area contributed by atoms with Crippen molar-refractivity contribution in [3.8, 4) is 5.75 Å². The number of ether oxygens (including phenoxy) is 1. The maximum atomic E-state index is 9.93. The predicted octanol–water partition coefficient (Wildman–Crippen LogP) is 1.76. The van der Waals surface area contributed by atoms with Crippen LogP contribution in [0.15, 0.2) is 18.2 Å². The van der Waals surface area contributed by atoms with Crippen molar-refractivity contribution in [2.75, 3.05) is 46.4 Å². The highest BCUT2D eigenvalue weighted by Gasteiger charge is 2.36. The molecule has 0 spiro atoms. The second-order valence-electron chi connectivity index (χ2n) is 5.53. The third-order valence-corrected chi connectivity index (χ3v) is 6.53. The molecule has 0 radical (unpaired) electrons. The number of anilines is 1. The van der Waals surface area contributed by atoms with E-state index in [2.05, 4.69) is 5.32 Å². The summed E-state index contributed by atoms with van der Waals surface area (Å²) in [5.41, 5.74) is 1.63. The molecule has 138 valence electrons. The number of phenols is 1. The first-order valence-corrected chi connectivity index (χ1v) is 9.84. The minimum Gasteiger partial charge on any atom is -0.506 e. The van der Waals surface area contributed by atoms with Gasteiger partial charge in [0.15, 0.2) is 0 Å². The Morgan fingerprint density at radius 3 is 2.46 bits per heavy atom. The third-order valence-electron chi connectivity index (χ3n) is 3.70. The number of phenolic OH excluding ortho intramolecular Hbond substituents is 1. The van der Waals surface area contributed by atoms with E-state index in [1.807, 2.05) is 19.1 Å². The van der Waals surface area contributed by atoms with E-state index in [9.17, 15) is 10.2 Å². The summed E-state index contributed by atoms with van der Waals surface area (Å²) in [4.78, 5) is 0. The molecule has 3 N–H and O–H groups in total. The van der Waals surface area contributed by atoms with Crippen LogP contribution >= 0.6 is 0 Å². The van der Waals surface area contributed by atoms with E-state index >= 15 is 0 Å². The maximum Gasteiger partial charge on any atom is 0.500 e. The zero-order valence-electron chi connectivity index (χ0n) is 14.9. The highest BCUT2D eigenvalue weighted by Crippen LogP contribution is 2.23. The quantitative estimate of drug-likeness (QED) is 0.298. The molecule has 0 saturated carbocycles. The van der Waals surface area contributed by atoms with Crippen LogP contribution in [0, 0.1) is 6.92 Å². The molecule has 1 unspecified atom stereocenters. The molecule has 0 fully saturated rings. The highest BCUT2D eigenvalue weighted by atomic mass is 28.4. The largest absolute Gasteiger partial charge is 0.506 e. The van der Waals surface area contributed by atoms with Crippen LogP contribution in [-0.2, 0) is 18.0 Å². The number of hydrogen-bond donors (Lipinski definition) is 3. The number of nitrogens with one attached hydrogen (secondary N) is 1. The first kappa shape index (κ1) is 20.9. The normalized spacial score (nSPS) is 13.0. The maximum absolute atomic E-state index is 9.93. The smallest absolute Gasteiger partial charge is 0.500 e. The van der Waals surface area contributed by atoms with Gasteiger partial charge < -0.3 is 33.5 Å². The summed E-state index contributed by atoms with van der Waals surface area (Å²) < 4.78 is 21.5. The fraction of sp³-hybridized carbons (Fsp3) is 0.625. The Morgan fingerprint density at radius 2 is 1.83 bits per heavy atom. The Kier molecular flexibility index (Phi) is 9.27. The van der Waals surface area contributed by atoms with Crippen molar-refractivity contribution >= 4 is 14.5 Å². The molecule has 1 rings (SSSR count). The van der Waals surface area contributed by atoms with Crippen molar-refractivity contribution in [2.24, 2.45) is 0 Å². The number of hydrogen-bond acceptors (Lipinski definition) is 7. The van der Waals surface area contributed by atoms with Crippen molar-refractivity contribution in [1.82, 2.24) is 0 Å². The average Bonchev–Trinajstić information content (AvgIpc) is 2.59. The van der Waals surface area contributed by atoms with E-state index in [4.69, 9.17) is 18.0 Å². The van der Waals surface area contributed by atoms with Crippen LogP contribution in [0.25, 0.3) is 0 Å². The molecular formula is C16H29NO6Si. The minimum absolute atomic E-state index is 0.161. The molecule has 0 aliphatic carbocycles. The van der Waals surface area contributed by atoms with Gasteiger partial charge in [0.2, 0.25) is 0 Å². The van der Waals surface area contributed by atoms with Gasteiger partial charge in [-0.1, -0.05) is 6.07 Å². The van der Waals surface area contributed by atoms with Crippen LogP contribution in [-0.4, -0.2) is 66.2 Å². The van der Waals surface area contributed by atoms with Crippen LogP contribution in [0.2, 0.25) is 6.04 Å². The van der Waals surface area contributed by atoms with Gasteiger partial charge in [0.25, 0.3) is 0 Å². The van der Waals surface area contributed by atoms with Gasteiger partial charge in [-0.05, 0) is 31.0 Å². The standard InChI is InChI=1S/C16H29NO6Si/c1-13-6-7-16(19)15(10-13)17-11-14(18)12-23-8-5-9-24(20-2,21-3)22-4/h6-7,10,14,17-19H,5,8-9,11-12H2,1-4H3. The van der Waals surface area contributed by atoms with Crippen molar-refractivity contribution < 1.29 is 28.2 Å². The molecule has 1 aromatic rings. The number of benzene rings is 1. The molecule has 0 amide bonds. The zero-order valence-corrected chi connectivity index (χ0v) is 15.9. The minimum atomic E-state index is -2.55. The second kappa shape index (κ2) is 10.6. The molecule has 24 heavy (non-hydrogen) atoms. The fourth-order valence-corrected chi connectivity index (χ4v) is 3.93. The van der Waals surface area contributed by atoms with Crippen molar-refractivity contribution in [3.05, 3.63) is 23.8 Å². The predicted molar refractivity (Wildman–Crippen MR) is 94.4 cm³/mol. The van der Waals surface area contributed by atoms with Gasteiger partial charge in [-0.25, -0.2) is 0 Å². The lowest BCUT2D eigenvalue weighted by atomic mass is 10.2. The fourth-order valence-electron chi connectivity index (χ4n) is 2.24. The molecule has 0 aliphatic rings. The number of rotatable bonds is 12. The monoisotopic (exact) mass is 359 g/mol. The molecule has 0 heterocycles. The second-order valence-corrected chi connectivity index (χ2v) is 8.62. The summed E-state index contributed by atoms with van der Waals surface area (Å²) in [7, 11) is 2.19. The summed E-state index contributed by atoms with van der Waals surface area (Å²) in [5.74, 6) is 0.161. The molecule has 0 aromatic heterocycles. The Balaban J connectivity index is 2.22. The number of aliphatic hydroxyl groups excluding tert-OH is 1. The Hall–Kier alpha value is -1.16. The van der Waals surface area contributed by atoms with Crippen LogP contribution in [0.4, 0.5) is 5.69 Å². The molecule has 0 bridgehead atoms. The lowest BCUT2D eigenvalue weighted by molar-refractivity contribution is 0.0412. The van der Waals surface area contributed by atoms with Gasteiger partial charge in [0, 0.05) is 40.5 Å². The molecule has 8 heteroatoms. The van der Waals surface area contributed by atoms with Gasteiger partial charge in [-0.15, -0.1) is 0 Å². The van der Waals surface area contributed by atoms with E-state index < -0.39 is 14.9 Å². The number of aliphatic hydroxyl groups is 1. The van der Waals surface area contributed by atoms with E-state index in [1.54, 1.807) is 27.4 Å². The van der Waals surface area contributed by atoms with Gasteiger partial charge in [-0.2, -0.15) is 0 Å². The summed E-state index contributed by atoms with van der Waals surface area (Å²) in [6, 6.07) is 5.93. The topological polar surface area (TPSA) is 89.4 Å². The van der Waals surface area contributed by atoms with Crippen molar-refractivity contribution in [1.29, 1.82) is 0 Å². The van der Waals surface area contributed by atoms with E-state index in [0.29, 0.717) is 24.9 Å². The van der Waals surface area contributed by atoms with Gasteiger partial charge in [-0.3, -0.25) is 0 Å². The first-order valence-electron chi connectivity index (χ1n) is 7.91. The molecule has 1 aromatic carbocycles. The van der Waals surface area contributed by atoms with Crippen molar-refractivity contribution in [3.63, 3.8) is 0 Å². The van der Waals surface area contributed by atoms with Gasteiger partial charge in [0.1, 0.15) is 5.75 Å². The van der Waals surface area contributed by atoms with E-state index in [0.717, 1.165) is 12.0 Å². The third kappa shape index (κ3) is 6.76. The summed E-state index contributed by atoms with van der Waals surface area (Å²) in [6.45, 7) is 2.93. The summed E-state index contributed by atoms with van der Waals surface area (Å²) >= 11 is 0. The first-order chi connectivity index (χ1) is 11.5. The van der Waals surface area contributed by atoms with Crippen LogP contribution < -0.4 is 5.32 Å². The molecule has 0 aliphatic heterocycles. The van der Waals surface area contributed by atoms with Gasteiger partial charge in [0.05, 0.1) is 18.4 Å². The van der Waals surface area contributed by atoms with Crippen LogP contribution in [0.3, 0.4) is 0 Å². The summed E-state index contributed by atoms with van der Waals surface area (Å²) in [6.07, 6.45) is 0.0554. The molecule has 0 saturated heterocycles. The molecule has 7 nitrogen and oxygen atoms in total. The van der Waals surface area contributed by atoms with Crippen molar-refractivity contribution in [2.45, 2.75) is 25.5 Å². The number of aromatic hydroxyl groups is 1. The highest BCUT2D eigenvalue weighted by molar-refractivity contribution is 6.60. The average molecular weight is 359 g/mol. The van der Waals surface area contributed by atoms with Crippen LogP contribution in [0.1, 0.15) is 12.0 Å². The molecule has 1 atom stereocenters. The number of aryl methyl sites for hydroxylation is 1. The Bertz CT molecular complexity index is 475. The Morgan fingerprint density at radius 1 is 1.17 bits per heavy atom. The SMILES string of the molecule is CO[Si](CCCOCC(O)CNc1cc(C)ccc1O)(OC)OC. The van der Waals surface area contributed by atoms with Crippen LogP contribution in [0.5, 0.6) is 5.75 Å². The Labute approximate surface area is 144 Å². The van der Waals surface area contributed by atoms with E-state index in [1.165, 1.54) is 0 Å². The van der Waals surface area contributed by atoms with Gasteiger partial charge >= 0.3 is 8.80 Å². The summed E-state index contributed by atoms with van der Waals surface area (Å²) in [5, 5.41) is 22.7. The molecular weight excluding hydrogens is 330 g/mol. The zero-order chi connectivity index (χ0) is 18.0. The van der Waals surface area contributed by atoms with E-state index in [-0.39, 0.29) is 12.4 Å².